The van der Waals surface area contributed by atoms with Gasteiger partial charge in [-0.2, -0.15) is 0 Å². The van der Waals surface area contributed by atoms with Gasteiger partial charge in [-0.1, -0.05) is 36.2 Å². The maximum atomic E-state index is 14.4. The van der Waals surface area contributed by atoms with E-state index in [4.69, 9.17) is 42.1 Å². The fourth-order valence-corrected chi connectivity index (χ4v) is 6.62. The standard InChI is InChI=1S/C31H37Cl2N3O8S/c1-7-25(31(38)34-8-2)35(18-22-23(32)10-9-11-24(22)33)30(37)19-36(26-16-20(41-3)12-14-27(26)42-4)45(39,40)21-13-15-28(43-5)29(17-21)44-6/h9-17,25H,7-8,18-19H2,1-6H3,(H,34,38). The second-order valence-corrected chi connectivity index (χ2v) is 12.3. The van der Waals surface area contributed by atoms with E-state index in [1.54, 1.807) is 38.1 Å². The molecule has 0 saturated carbocycles. The van der Waals surface area contributed by atoms with Gasteiger partial charge in [-0.3, -0.25) is 13.9 Å². The maximum absolute atomic E-state index is 14.4. The minimum Gasteiger partial charge on any atom is -0.497 e. The molecule has 0 saturated heterocycles. The Hall–Kier alpha value is -3.87. The highest BCUT2D eigenvalue weighted by molar-refractivity contribution is 7.92. The van der Waals surface area contributed by atoms with E-state index in [0.29, 0.717) is 23.6 Å². The number of ether oxygens (including phenoxy) is 4. The van der Waals surface area contributed by atoms with Gasteiger partial charge in [-0.15, -0.1) is 0 Å². The molecule has 14 heteroatoms. The van der Waals surface area contributed by atoms with Crippen molar-refractivity contribution in [3.05, 3.63) is 70.2 Å². The van der Waals surface area contributed by atoms with Crippen LogP contribution in [0.25, 0.3) is 0 Å². The molecular weight excluding hydrogens is 645 g/mol. The lowest BCUT2D eigenvalue weighted by atomic mass is 10.1. The lowest BCUT2D eigenvalue weighted by Gasteiger charge is -2.34. The van der Waals surface area contributed by atoms with Gasteiger partial charge in [0.1, 0.15) is 24.1 Å². The minimum absolute atomic E-state index is 0.0294. The van der Waals surface area contributed by atoms with Gasteiger partial charge in [0.2, 0.25) is 11.8 Å². The Morgan fingerprint density at radius 3 is 2.02 bits per heavy atom. The molecule has 11 nitrogen and oxygen atoms in total. The average molecular weight is 683 g/mol. The molecule has 1 N–H and O–H groups in total. The molecule has 0 aliphatic rings. The Kier molecular flexibility index (Phi) is 12.6. The van der Waals surface area contributed by atoms with Crippen molar-refractivity contribution < 1.29 is 37.0 Å². The van der Waals surface area contributed by atoms with E-state index < -0.39 is 34.4 Å². The molecule has 2 amide bonds. The first kappa shape index (κ1) is 35.6. The van der Waals surface area contributed by atoms with E-state index in [2.05, 4.69) is 5.32 Å². The number of carbonyl (C=O) groups is 2. The fraction of sp³-hybridized carbons (Fsp3) is 0.355. The molecule has 244 valence electrons. The van der Waals surface area contributed by atoms with Crippen LogP contribution < -0.4 is 28.6 Å². The third-order valence-corrected chi connectivity index (χ3v) is 9.47. The zero-order valence-corrected chi connectivity index (χ0v) is 28.3. The quantitative estimate of drug-likeness (QED) is 0.233. The van der Waals surface area contributed by atoms with Crippen LogP contribution in [0.1, 0.15) is 25.8 Å². The molecule has 0 spiro atoms. The Morgan fingerprint density at radius 2 is 1.47 bits per heavy atom. The van der Waals surface area contributed by atoms with Gasteiger partial charge in [0, 0.05) is 40.8 Å². The van der Waals surface area contributed by atoms with E-state index in [-0.39, 0.29) is 45.1 Å². The van der Waals surface area contributed by atoms with Crippen LogP contribution in [0.4, 0.5) is 5.69 Å². The summed E-state index contributed by atoms with van der Waals surface area (Å²) in [7, 11) is 1.12. The number of anilines is 1. The number of nitrogens with zero attached hydrogens (tertiary/aromatic N) is 2. The zero-order valence-electron chi connectivity index (χ0n) is 25.9. The summed E-state index contributed by atoms with van der Waals surface area (Å²) >= 11 is 12.9. The van der Waals surface area contributed by atoms with Crippen LogP contribution in [0, 0.1) is 0 Å². The summed E-state index contributed by atoms with van der Waals surface area (Å²) < 4.78 is 51.2. The second kappa shape index (κ2) is 15.9. The molecule has 1 atom stereocenters. The van der Waals surface area contributed by atoms with E-state index in [0.717, 1.165) is 4.31 Å². The fourth-order valence-electron chi connectivity index (χ4n) is 4.67. The average Bonchev–Trinajstić information content (AvgIpc) is 3.03. The Bertz CT molecular complexity index is 1600. The number of sulfonamides is 1. The van der Waals surface area contributed by atoms with Crippen LogP contribution in [0.3, 0.4) is 0 Å². The van der Waals surface area contributed by atoms with Crippen molar-refractivity contribution in [2.45, 2.75) is 37.8 Å². The number of amides is 2. The Balaban J connectivity index is 2.23. The Labute approximate surface area is 274 Å². The van der Waals surface area contributed by atoms with Crippen LogP contribution in [-0.4, -0.2) is 72.7 Å². The maximum Gasteiger partial charge on any atom is 0.265 e. The summed E-state index contributed by atoms with van der Waals surface area (Å²) in [5.74, 6) is -0.153. The molecule has 0 radical (unpaired) electrons. The third kappa shape index (κ3) is 8.05. The number of carbonyl (C=O) groups excluding carboxylic acids is 2. The first-order chi connectivity index (χ1) is 21.5. The SMILES string of the molecule is CCNC(=O)C(CC)N(Cc1c(Cl)cccc1Cl)C(=O)CN(c1cc(OC)ccc1OC)S(=O)(=O)c1ccc(OC)c(OC)c1. The summed E-state index contributed by atoms with van der Waals surface area (Å²) in [6, 6.07) is 12.6. The van der Waals surface area contributed by atoms with Gasteiger partial charge >= 0.3 is 0 Å². The number of benzene rings is 3. The monoisotopic (exact) mass is 681 g/mol. The topological polar surface area (TPSA) is 124 Å². The first-order valence-corrected chi connectivity index (χ1v) is 16.1. The summed E-state index contributed by atoms with van der Waals surface area (Å²) in [4.78, 5) is 28.7. The number of nitrogens with one attached hydrogen (secondary N) is 1. The molecular formula is C31H37Cl2N3O8S. The van der Waals surface area contributed by atoms with E-state index in [9.17, 15) is 18.0 Å². The van der Waals surface area contributed by atoms with Crippen molar-refractivity contribution in [3.63, 3.8) is 0 Å². The van der Waals surface area contributed by atoms with Crippen LogP contribution >= 0.6 is 23.2 Å². The minimum atomic E-state index is -4.49. The van der Waals surface area contributed by atoms with Crippen LogP contribution in [0.2, 0.25) is 10.0 Å². The van der Waals surface area contributed by atoms with E-state index >= 15 is 0 Å². The van der Waals surface area contributed by atoms with Gasteiger partial charge in [-0.25, -0.2) is 8.42 Å². The van der Waals surface area contributed by atoms with Crippen molar-refractivity contribution in [1.82, 2.24) is 10.2 Å². The number of halogens is 2. The number of likely N-dealkylation sites (N-methyl/N-ethyl adjacent to an activating group) is 1. The smallest absolute Gasteiger partial charge is 0.265 e. The summed E-state index contributed by atoms with van der Waals surface area (Å²) in [6.07, 6.45) is 0.227. The molecule has 0 bridgehead atoms. The van der Waals surface area contributed by atoms with Crippen molar-refractivity contribution >= 4 is 50.7 Å². The predicted octanol–water partition coefficient (Wildman–Crippen LogP) is 5.17. The number of methoxy groups -OCH3 is 4. The molecule has 1 unspecified atom stereocenters. The molecule has 0 aliphatic heterocycles. The van der Waals surface area contributed by atoms with Gasteiger partial charge in [0.15, 0.2) is 11.5 Å². The molecule has 0 aromatic heterocycles. The Morgan fingerprint density at radius 1 is 0.844 bits per heavy atom. The van der Waals surface area contributed by atoms with Gasteiger partial charge < -0.3 is 29.2 Å². The number of hydrogen-bond acceptors (Lipinski definition) is 8. The molecule has 45 heavy (non-hydrogen) atoms. The zero-order chi connectivity index (χ0) is 33.3. The van der Waals surface area contributed by atoms with Crippen molar-refractivity contribution in [2.24, 2.45) is 0 Å². The number of rotatable bonds is 15. The van der Waals surface area contributed by atoms with Gasteiger partial charge in [-0.05, 0) is 49.7 Å². The highest BCUT2D eigenvalue weighted by Crippen LogP contribution is 2.38. The second-order valence-electron chi connectivity index (χ2n) is 9.61. The van der Waals surface area contributed by atoms with Crippen LogP contribution in [-0.2, 0) is 26.2 Å². The predicted molar refractivity (Wildman–Crippen MR) is 173 cm³/mol. The first-order valence-electron chi connectivity index (χ1n) is 13.9. The lowest BCUT2D eigenvalue weighted by molar-refractivity contribution is -0.140. The van der Waals surface area contributed by atoms with Crippen LogP contribution in [0.15, 0.2) is 59.5 Å². The van der Waals surface area contributed by atoms with Crippen molar-refractivity contribution in [3.8, 4) is 23.0 Å². The van der Waals surface area contributed by atoms with Gasteiger partial charge in [0.25, 0.3) is 10.0 Å². The molecule has 3 rings (SSSR count). The lowest BCUT2D eigenvalue weighted by Crippen LogP contribution is -2.52. The largest absolute Gasteiger partial charge is 0.497 e. The summed E-state index contributed by atoms with van der Waals surface area (Å²) in [5.41, 5.74) is 0.437. The normalized spacial score (nSPS) is 11.7. The highest BCUT2D eigenvalue weighted by Gasteiger charge is 2.36. The van der Waals surface area contributed by atoms with Crippen molar-refractivity contribution in [2.75, 3.05) is 45.8 Å². The van der Waals surface area contributed by atoms with E-state index in [1.165, 1.54) is 63.7 Å². The van der Waals surface area contributed by atoms with Crippen molar-refractivity contribution in [1.29, 1.82) is 0 Å². The molecule has 0 heterocycles. The highest BCUT2D eigenvalue weighted by atomic mass is 35.5. The van der Waals surface area contributed by atoms with Gasteiger partial charge in [0.05, 0.1) is 39.0 Å². The summed E-state index contributed by atoms with van der Waals surface area (Å²) in [6.45, 7) is 2.95. The molecule has 3 aromatic carbocycles. The third-order valence-electron chi connectivity index (χ3n) is 7.00. The summed E-state index contributed by atoms with van der Waals surface area (Å²) in [5, 5.41) is 3.33. The number of hydrogen-bond donors (Lipinski definition) is 1. The molecule has 0 aliphatic carbocycles. The van der Waals surface area contributed by atoms with E-state index in [1.807, 2.05) is 0 Å². The molecule has 3 aromatic rings. The van der Waals surface area contributed by atoms with Crippen LogP contribution in [0.5, 0.6) is 23.0 Å². The molecule has 0 fully saturated rings.